The molecule has 0 radical (unpaired) electrons. The molecular formula is C26H27FN6O3. The largest absolute Gasteiger partial charge is 0.465 e. The molecule has 1 fully saturated rings. The van der Waals surface area contributed by atoms with E-state index < -0.39 is 35.8 Å². The van der Waals surface area contributed by atoms with E-state index in [9.17, 15) is 24.3 Å². The summed E-state index contributed by atoms with van der Waals surface area (Å²) in [5, 5.41) is 27.4. The number of primary amides is 1. The number of nitrogens with one attached hydrogen (secondary N) is 1. The summed E-state index contributed by atoms with van der Waals surface area (Å²) < 4.78 is 14.8. The predicted molar refractivity (Wildman–Crippen MR) is 131 cm³/mol. The molecule has 1 aromatic heterocycles. The second-order valence-electron chi connectivity index (χ2n) is 8.80. The maximum atomic E-state index is 13.3. The minimum atomic E-state index is -1.06. The van der Waals surface area contributed by atoms with E-state index in [1.54, 1.807) is 0 Å². The third-order valence-electron chi connectivity index (χ3n) is 6.54. The highest BCUT2D eigenvalue weighted by Gasteiger charge is 2.41. The van der Waals surface area contributed by atoms with Crippen molar-refractivity contribution < 1.29 is 19.1 Å². The van der Waals surface area contributed by atoms with Gasteiger partial charge in [0.2, 0.25) is 0 Å². The Morgan fingerprint density at radius 3 is 2.56 bits per heavy atom. The van der Waals surface area contributed by atoms with Gasteiger partial charge in [-0.3, -0.25) is 9.48 Å². The summed E-state index contributed by atoms with van der Waals surface area (Å²) in [6, 6.07) is 16.8. The smallest absolute Gasteiger partial charge is 0.407 e. The Bertz CT molecular complexity index is 1250. The van der Waals surface area contributed by atoms with Crippen molar-refractivity contribution in [3.05, 3.63) is 77.7 Å². The molecule has 36 heavy (non-hydrogen) atoms. The number of carbonyl (C=O) groups is 2. The monoisotopic (exact) mass is 490 g/mol. The first-order valence-electron chi connectivity index (χ1n) is 11.7. The minimum Gasteiger partial charge on any atom is -0.465 e. The molecule has 1 aliphatic heterocycles. The maximum Gasteiger partial charge on any atom is 0.407 e. The van der Waals surface area contributed by atoms with Crippen LogP contribution in [0, 0.1) is 23.1 Å². The standard InChI is InChI=1S/C26H27FN6O3/c27-18-9-11-19(12-10-18)30-25-21(24(29)34)16-33(31-25)23-13-14-32(26(35)36)22(20(23)15-28)8-4-7-17-5-2-1-3-6-17/h1-3,5-6,9-12,16,20,22-23H,4,7-8,13-14H2,(H2,29,34)(H,30,31)(H,35,36)/t20-,22?,23-/m0/s1. The normalized spacial score (nSPS) is 19.4. The van der Waals surface area contributed by atoms with Crippen molar-refractivity contribution in [1.82, 2.24) is 14.7 Å². The van der Waals surface area contributed by atoms with Gasteiger partial charge in [0.1, 0.15) is 11.4 Å². The molecule has 0 bridgehead atoms. The van der Waals surface area contributed by atoms with Gasteiger partial charge < -0.3 is 21.1 Å². The van der Waals surface area contributed by atoms with Crippen LogP contribution in [-0.2, 0) is 6.42 Å². The molecule has 2 aromatic carbocycles. The third-order valence-corrected chi connectivity index (χ3v) is 6.54. The van der Waals surface area contributed by atoms with Gasteiger partial charge in [0.25, 0.3) is 5.91 Å². The highest BCUT2D eigenvalue weighted by Crippen LogP contribution is 2.36. The van der Waals surface area contributed by atoms with E-state index in [0.29, 0.717) is 24.9 Å². The first-order valence-corrected chi connectivity index (χ1v) is 11.7. The van der Waals surface area contributed by atoms with Gasteiger partial charge in [-0.2, -0.15) is 10.4 Å². The van der Waals surface area contributed by atoms with Crippen LogP contribution in [0.1, 0.15) is 41.2 Å². The SMILES string of the molecule is N#C[C@H]1C(CCCc2ccccc2)N(C(=O)O)CC[C@@H]1n1cc(C(N)=O)c(Nc2ccc(F)cc2)n1. The van der Waals surface area contributed by atoms with E-state index in [-0.39, 0.29) is 17.9 Å². The van der Waals surface area contributed by atoms with Crippen LogP contribution in [-0.4, -0.2) is 44.4 Å². The lowest BCUT2D eigenvalue weighted by atomic mass is 9.83. The quantitative estimate of drug-likeness (QED) is 0.430. The number of nitriles is 1. The number of nitrogens with zero attached hydrogens (tertiary/aromatic N) is 4. The summed E-state index contributed by atoms with van der Waals surface area (Å²) >= 11 is 0. The zero-order valence-electron chi connectivity index (χ0n) is 19.5. The van der Waals surface area contributed by atoms with Gasteiger partial charge in [0.15, 0.2) is 5.82 Å². The highest BCUT2D eigenvalue weighted by molar-refractivity contribution is 5.98. The number of carboxylic acid groups (broad SMARTS) is 1. The van der Waals surface area contributed by atoms with Crippen LogP contribution in [0.5, 0.6) is 0 Å². The number of likely N-dealkylation sites (tertiary alicyclic amines) is 1. The molecule has 1 saturated heterocycles. The van der Waals surface area contributed by atoms with E-state index in [0.717, 1.165) is 12.0 Å². The summed E-state index contributed by atoms with van der Waals surface area (Å²) in [5.74, 6) is -1.60. The number of nitrogens with two attached hydrogens (primary N) is 1. The maximum absolute atomic E-state index is 13.3. The number of hydrogen-bond acceptors (Lipinski definition) is 5. The van der Waals surface area contributed by atoms with E-state index in [1.807, 2.05) is 30.3 Å². The fourth-order valence-corrected chi connectivity index (χ4v) is 4.77. The van der Waals surface area contributed by atoms with E-state index in [4.69, 9.17) is 5.73 Å². The van der Waals surface area contributed by atoms with Crippen molar-refractivity contribution >= 4 is 23.5 Å². The van der Waals surface area contributed by atoms with E-state index >= 15 is 0 Å². The summed E-state index contributed by atoms with van der Waals surface area (Å²) in [7, 11) is 0. The van der Waals surface area contributed by atoms with Crippen molar-refractivity contribution in [2.45, 2.75) is 37.8 Å². The number of rotatable bonds is 8. The summed E-state index contributed by atoms with van der Waals surface area (Å²) in [6.07, 6.45) is 2.78. The number of amides is 2. The van der Waals surface area contributed by atoms with Crippen LogP contribution in [0.15, 0.2) is 60.8 Å². The fraction of sp³-hybridized carbons (Fsp3) is 0.308. The number of halogens is 1. The zero-order valence-corrected chi connectivity index (χ0v) is 19.5. The Labute approximate surface area is 207 Å². The molecule has 3 aromatic rings. The third kappa shape index (κ3) is 5.46. The van der Waals surface area contributed by atoms with Crippen molar-refractivity contribution in [2.24, 2.45) is 11.7 Å². The van der Waals surface area contributed by atoms with Gasteiger partial charge in [-0.15, -0.1) is 0 Å². The van der Waals surface area contributed by atoms with E-state index in [2.05, 4.69) is 16.5 Å². The van der Waals surface area contributed by atoms with Crippen LogP contribution in [0.25, 0.3) is 0 Å². The molecule has 0 aliphatic carbocycles. The topological polar surface area (TPSA) is 137 Å². The minimum absolute atomic E-state index is 0.123. The summed E-state index contributed by atoms with van der Waals surface area (Å²) in [4.78, 5) is 25.4. The fourth-order valence-electron chi connectivity index (χ4n) is 4.77. The average Bonchev–Trinajstić information content (AvgIpc) is 3.29. The lowest BCUT2D eigenvalue weighted by Crippen LogP contribution is -2.51. The zero-order chi connectivity index (χ0) is 25.7. The lowest BCUT2D eigenvalue weighted by Gasteiger charge is -2.41. The van der Waals surface area contributed by atoms with Gasteiger partial charge in [-0.25, -0.2) is 9.18 Å². The van der Waals surface area contributed by atoms with Gasteiger partial charge in [-0.1, -0.05) is 30.3 Å². The molecule has 2 amide bonds. The van der Waals surface area contributed by atoms with Gasteiger partial charge in [-0.05, 0) is 55.5 Å². The molecule has 0 spiro atoms. The number of carbonyl (C=O) groups excluding carboxylic acids is 1. The van der Waals surface area contributed by atoms with Crippen LogP contribution in [0.2, 0.25) is 0 Å². The second-order valence-corrected chi connectivity index (χ2v) is 8.80. The molecule has 4 N–H and O–H groups in total. The second kappa shape index (κ2) is 10.9. The van der Waals surface area contributed by atoms with E-state index in [1.165, 1.54) is 40.0 Å². The number of benzene rings is 2. The molecule has 186 valence electrons. The first kappa shape index (κ1) is 24.7. The van der Waals surface area contributed by atoms with Crippen LogP contribution < -0.4 is 11.1 Å². The molecule has 10 heteroatoms. The molecule has 3 atom stereocenters. The van der Waals surface area contributed by atoms with Gasteiger partial charge in [0, 0.05) is 18.4 Å². The number of aryl methyl sites for hydroxylation is 1. The molecule has 1 aliphatic rings. The molecular weight excluding hydrogens is 463 g/mol. The van der Waals surface area contributed by atoms with Crippen LogP contribution in [0.3, 0.4) is 0 Å². The van der Waals surface area contributed by atoms with Crippen molar-refractivity contribution in [3.63, 3.8) is 0 Å². The Balaban J connectivity index is 1.58. The number of hydrogen-bond donors (Lipinski definition) is 3. The Hall–Kier alpha value is -4.39. The molecule has 4 rings (SSSR count). The van der Waals surface area contributed by atoms with Crippen LogP contribution in [0.4, 0.5) is 20.7 Å². The highest BCUT2D eigenvalue weighted by atomic mass is 19.1. The van der Waals surface area contributed by atoms with Crippen LogP contribution >= 0.6 is 0 Å². The van der Waals surface area contributed by atoms with Crippen molar-refractivity contribution in [3.8, 4) is 6.07 Å². The summed E-state index contributed by atoms with van der Waals surface area (Å²) in [5.41, 5.74) is 7.35. The van der Waals surface area contributed by atoms with Gasteiger partial charge >= 0.3 is 6.09 Å². The Morgan fingerprint density at radius 2 is 1.92 bits per heavy atom. The van der Waals surface area contributed by atoms with Crippen molar-refractivity contribution in [2.75, 3.05) is 11.9 Å². The predicted octanol–water partition coefficient (Wildman–Crippen LogP) is 4.32. The number of piperidine rings is 1. The molecule has 9 nitrogen and oxygen atoms in total. The summed E-state index contributed by atoms with van der Waals surface area (Å²) in [6.45, 7) is 0.237. The number of aromatic nitrogens is 2. The van der Waals surface area contributed by atoms with Crippen molar-refractivity contribution in [1.29, 1.82) is 5.26 Å². The Kier molecular flexibility index (Phi) is 7.49. The number of anilines is 2. The molecule has 2 heterocycles. The molecule has 1 unspecified atom stereocenters. The Morgan fingerprint density at radius 1 is 1.19 bits per heavy atom. The van der Waals surface area contributed by atoms with Gasteiger partial charge in [0.05, 0.1) is 24.1 Å². The first-order chi connectivity index (χ1) is 17.4. The molecule has 0 saturated carbocycles. The lowest BCUT2D eigenvalue weighted by molar-refractivity contribution is 0.0623. The average molecular weight is 491 g/mol.